The number of nitrogens with zero attached hydrogens (tertiary/aromatic N) is 1. The van der Waals surface area contributed by atoms with Crippen LogP contribution in [0.2, 0.25) is 0 Å². The predicted octanol–water partition coefficient (Wildman–Crippen LogP) is 0.670. The number of nitrogens with one attached hydrogen (secondary N) is 1. The molecule has 0 aromatic carbocycles. The number of hydrogen-bond acceptors (Lipinski definition) is 3. The fourth-order valence-electron chi connectivity index (χ4n) is 2.03. The van der Waals surface area contributed by atoms with E-state index < -0.39 is 12.1 Å². The first-order valence-corrected chi connectivity index (χ1v) is 5.82. The van der Waals surface area contributed by atoms with Gasteiger partial charge < -0.3 is 20.1 Å². The third-order valence-corrected chi connectivity index (χ3v) is 3.19. The maximum absolute atomic E-state index is 11.7. The van der Waals surface area contributed by atoms with Gasteiger partial charge in [0, 0.05) is 20.2 Å². The molecule has 0 aromatic rings. The van der Waals surface area contributed by atoms with Gasteiger partial charge in [0.15, 0.2) is 6.10 Å². The van der Waals surface area contributed by atoms with Gasteiger partial charge in [-0.05, 0) is 12.8 Å². The van der Waals surface area contributed by atoms with Gasteiger partial charge in [0.25, 0.3) is 0 Å². The number of rotatable bonds is 5. The lowest BCUT2D eigenvalue weighted by Gasteiger charge is -2.25. The maximum Gasteiger partial charge on any atom is 0.334 e. The summed E-state index contributed by atoms with van der Waals surface area (Å²) in [5, 5.41) is 11.3. The van der Waals surface area contributed by atoms with Gasteiger partial charge in [-0.1, -0.05) is 12.8 Å². The summed E-state index contributed by atoms with van der Waals surface area (Å²) in [6.45, 7) is -0.0122. The van der Waals surface area contributed by atoms with Crippen LogP contribution in [0.3, 0.4) is 0 Å². The van der Waals surface area contributed by atoms with Crippen molar-refractivity contribution in [1.29, 1.82) is 0 Å². The van der Waals surface area contributed by atoms with Gasteiger partial charge in [-0.2, -0.15) is 0 Å². The molecule has 0 bridgehead atoms. The van der Waals surface area contributed by atoms with Crippen LogP contribution in [-0.4, -0.2) is 54.9 Å². The molecule has 98 valence electrons. The van der Waals surface area contributed by atoms with Crippen molar-refractivity contribution < 1.29 is 19.4 Å². The molecule has 1 rings (SSSR count). The first kappa shape index (κ1) is 13.8. The average molecular weight is 244 g/mol. The number of carbonyl (C=O) groups excluding carboxylic acids is 1. The second-order valence-corrected chi connectivity index (χ2v) is 4.30. The first-order valence-electron chi connectivity index (χ1n) is 5.82. The highest BCUT2D eigenvalue weighted by Gasteiger charge is 2.24. The minimum atomic E-state index is -1.07. The number of urea groups is 1. The molecule has 6 heteroatoms. The third-order valence-electron chi connectivity index (χ3n) is 3.19. The van der Waals surface area contributed by atoms with Crippen LogP contribution in [0, 0.1) is 0 Å². The van der Waals surface area contributed by atoms with Crippen molar-refractivity contribution in [2.24, 2.45) is 0 Å². The molecule has 1 fully saturated rings. The Labute approximate surface area is 101 Å². The van der Waals surface area contributed by atoms with E-state index in [-0.39, 0.29) is 18.6 Å². The van der Waals surface area contributed by atoms with Crippen LogP contribution in [-0.2, 0) is 9.53 Å². The fourth-order valence-corrected chi connectivity index (χ4v) is 2.03. The highest BCUT2D eigenvalue weighted by atomic mass is 16.5. The van der Waals surface area contributed by atoms with E-state index >= 15 is 0 Å². The number of carbonyl (C=O) groups is 2. The fraction of sp³-hybridized carbons (Fsp3) is 0.818. The first-order chi connectivity index (χ1) is 8.06. The molecule has 0 spiro atoms. The zero-order valence-corrected chi connectivity index (χ0v) is 10.3. The molecule has 2 N–H and O–H groups in total. The quantitative estimate of drug-likeness (QED) is 0.745. The molecule has 0 saturated heterocycles. The van der Waals surface area contributed by atoms with E-state index in [1.807, 2.05) is 0 Å². The Balaban J connectivity index is 2.35. The van der Waals surface area contributed by atoms with Crippen LogP contribution < -0.4 is 5.32 Å². The molecule has 17 heavy (non-hydrogen) atoms. The largest absolute Gasteiger partial charge is 0.479 e. The number of amides is 2. The number of hydrogen-bond donors (Lipinski definition) is 2. The number of carboxylic acids is 1. The lowest BCUT2D eigenvalue weighted by Crippen LogP contribution is -2.46. The van der Waals surface area contributed by atoms with Crippen molar-refractivity contribution in [1.82, 2.24) is 10.2 Å². The van der Waals surface area contributed by atoms with Crippen LogP contribution in [0.5, 0.6) is 0 Å². The molecule has 0 radical (unpaired) electrons. The van der Waals surface area contributed by atoms with Gasteiger partial charge in [-0.25, -0.2) is 9.59 Å². The Hall–Kier alpha value is -1.30. The predicted molar refractivity (Wildman–Crippen MR) is 61.9 cm³/mol. The lowest BCUT2D eigenvalue weighted by molar-refractivity contribution is -0.148. The van der Waals surface area contributed by atoms with Crippen molar-refractivity contribution >= 4 is 12.0 Å². The molecular formula is C11H20N2O4. The summed E-state index contributed by atoms with van der Waals surface area (Å²) < 4.78 is 4.73. The summed E-state index contributed by atoms with van der Waals surface area (Å²) in [4.78, 5) is 24.1. The SMILES string of the molecule is COC(CNC(=O)N(C)C1CCCC1)C(=O)O. The van der Waals surface area contributed by atoms with Gasteiger partial charge in [0.2, 0.25) is 0 Å². The summed E-state index contributed by atoms with van der Waals surface area (Å²) >= 11 is 0. The van der Waals surface area contributed by atoms with E-state index in [2.05, 4.69) is 5.32 Å². The van der Waals surface area contributed by atoms with E-state index in [0.29, 0.717) is 0 Å². The third kappa shape index (κ3) is 3.89. The zero-order valence-electron chi connectivity index (χ0n) is 10.3. The molecule has 1 aliphatic carbocycles. The van der Waals surface area contributed by atoms with Gasteiger partial charge in [0.1, 0.15) is 0 Å². The summed E-state index contributed by atoms with van der Waals surface area (Å²) in [5.41, 5.74) is 0. The lowest BCUT2D eigenvalue weighted by atomic mass is 10.2. The Bertz CT molecular complexity index is 277. The molecular weight excluding hydrogens is 224 g/mol. The second-order valence-electron chi connectivity index (χ2n) is 4.30. The Kier molecular flexibility index (Phi) is 5.21. The summed E-state index contributed by atoms with van der Waals surface area (Å²) in [7, 11) is 3.06. The van der Waals surface area contributed by atoms with E-state index in [1.54, 1.807) is 11.9 Å². The highest BCUT2D eigenvalue weighted by molar-refractivity contribution is 5.77. The summed E-state index contributed by atoms with van der Waals surface area (Å²) in [6, 6.07) is 0.0426. The van der Waals surface area contributed by atoms with E-state index in [9.17, 15) is 9.59 Å². The molecule has 2 amide bonds. The minimum absolute atomic E-state index is 0.0122. The van der Waals surface area contributed by atoms with Crippen molar-refractivity contribution in [3.05, 3.63) is 0 Å². The second kappa shape index (κ2) is 6.44. The molecule has 0 heterocycles. The number of aliphatic carboxylic acids is 1. The number of methoxy groups -OCH3 is 1. The molecule has 0 aliphatic heterocycles. The summed E-state index contributed by atoms with van der Waals surface area (Å²) in [6.07, 6.45) is 3.36. The van der Waals surface area contributed by atoms with Gasteiger partial charge >= 0.3 is 12.0 Å². The number of ether oxygens (including phenoxy) is 1. The average Bonchev–Trinajstić information content (AvgIpc) is 2.81. The Morgan fingerprint density at radius 2 is 2.06 bits per heavy atom. The topological polar surface area (TPSA) is 78.9 Å². The van der Waals surface area contributed by atoms with Crippen molar-refractivity contribution in [3.63, 3.8) is 0 Å². The Morgan fingerprint density at radius 3 is 2.53 bits per heavy atom. The van der Waals surface area contributed by atoms with E-state index in [1.165, 1.54) is 7.11 Å². The van der Waals surface area contributed by atoms with E-state index in [0.717, 1.165) is 25.7 Å². The number of carboxylic acid groups (broad SMARTS) is 1. The highest BCUT2D eigenvalue weighted by Crippen LogP contribution is 2.22. The van der Waals surface area contributed by atoms with Gasteiger partial charge in [0.05, 0.1) is 6.54 Å². The van der Waals surface area contributed by atoms with Gasteiger partial charge in [-0.15, -0.1) is 0 Å². The smallest absolute Gasteiger partial charge is 0.334 e. The standard InChI is InChI=1S/C11H20N2O4/c1-13(8-5-3-4-6-8)11(16)12-7-9(17-2)10(14)15/h8-9H,3-7H2,1-2H3,(H,12,16)(H,14,15). The van der Waals surface area contributed by atoms with Crippen LogP contribution in [0.1, 0.15) is 25.7 Å². The molecule has 6 nitrogen and oxygen atoms in total. The molecule has 1 aliphatic rings. The van der Waals surface area contributed by atoms with Crippen molar-refractivity contribution in [2.75, 3.05) is 20.7 Å². The minimum Gasteiger partial charge on any atom is -0.479 e. The van der Waals surface area contributed by atoms with E-state index in [4.69, 9.17) is 9.84 Å². The molecule has 0 aromatic heterocycles. The monoisotopic (exact) mass is 244 g/mol. The van der Waals surface area contributed by atoms with Crippen molar-refractivity contribution in [3.8, 4) is 0 Å². The van der Waals surface area contributed by atoms with Crippen molar-refractivity contribution in [2.45, 2.75) is 37.8 Å². The molecule has 1 saturated carbocycles. The Morgan fingerprint density at radius 1 is 1.47 bits per heavy atom. The maximum atomic E-state index is 11.7. The zero-order chi connectivity index (χ0) is 12.8. The van der Waals surface area contributed by atoms with Crippen LogP contribution >= 0.6 is 0 Å². The normalized spacial score (nSPS) is 17.8. The summed E-state index contributed by atoms with van der Waals surface area (Å²) in [5.74, 6) is -1.07. The van der Waals surface area contributed by atoms with Crippen LogP contribution in [0.15, 0.2) is 0 Å². The molecule has 1 atom stereocenters. The van der Waals surface area contributed by atoms with Crippen LogP contribution in [0.25, 0.3) is 0 Å². The van der Waals surface area contributed by atoms with Gasteiger partial charge in [-0.3, -0.25) is 0 Å². The molecule has 1 unspecified atom stereocenters. The van der Waals surface area contributed by atoms with Crippen LogP contribution in [0.4, 0.5) is 4.79 Å².